The van der Waals surface area contributed by atoms with Gasteiger partial charge in [0, 0.05) is 42.3 Å². The fourth-order valence-electron chi connectivity index (χ4n) is 3.28. The molecule has 2 aromatic heterocycles. The van der Waals surface area contributed by atoms with E-state index in [4.69, 9.17) is 15.2 Å². The van der Waals surface area contributed by atoms with Crippen LogP contribution in [0.5, 0.6) is 5.75 Å². The van der Waals surface area contributed by atoms with Gasteiger partial charge in [-0.25, -0.2) is 14.4 Å². The van der Waals surface area contributed by atoms with E-state index in [1.54, 1.807) is 35.6 Å². The molecule has 0 radical (unpaired) electrons. The first kappa shape index (κ1) is 20.7. The van der Waals surface area contributed by atoms with Gasteiger partial charge in [0.05, 0.1) is 31.9 Å². The van der Waals surface area contributed by atoms with E-state index in [9.17, 15) is 9.18 Å². The number of pyridine rings is 1. The third kappa shape index (κ3) is 5.32. The first-order valence-corrected chi connectivity index (χ1v) is 9.90. The Kier molecular flexibility index (Phi) is 6.32. The van der Waals surface area contributed by atoms with Gasteiger partial charge in [0.25, 0.3) is 0 Å². The Morgan fingerprint density at radius 3 is 2.71 bits per heavy atom. The predicted octanol–water partition coefficient (Wildman–Crippen LogP) is 2.63. The minimum Gasteiger partial charge on any atom is -0.493 e. The average molecular weight is 423 g/mol. The molecule has 1 aromatic carbocycles. The summed E-state index contributed by atoms with van der Waals surface area (Å²) in [5, 5.41) is 0. The number of carbonyl (C=O) groups is 1. The van der Waals surface area contributed by atoms with Crippen LogP contribution >= 0.6 is 0 Å². The molecule has 1 saturated heterocycles. The molecule has 3 heterocycles. The van der Waals surface area contributed by atoms with Gasteiger partial charge >= 0.3 is 0 Å². The second-order valence-corrected chi connectivity index (χ2v) is 7.06. The number of hydrogen-bond donors (Lipinski definition) is 1. The van der Waals surface area contributed by atoms with Gasteiger partial charge < -0.3 is 20.1 Å². The van der Waals surface area contributed by atoms with Gasteiger partial charge in [0.1, 0.15) is 17.7 Å². The van der Waals surface area contributed by atoms with Gasteiger partial charge in [0.15, 0.2) is 0 Å². The van der Waals surface area contributed by atoms with Crippen molar-refractivity contribution in [1.82, 2.24) is 19.9 Å². The van der Waals surface area contributed by atoms with E-state index in [1.807, 2.05) is 12.1 Å². The number of nitrogens with two attached hydrogens (primary N) is 1. The van der Waals surface area contributed by atoms with Crippen LogP contribution in [0.15, 0.2) is 55.0 Å². The number of hydrogen-bond acceptors (Lipinski definition) is 7. The molecule has 1 amide bonds. The van der Waals surface area contributed by atoms with E-state index >= 15 is 0 Å². The molecule has 8 nitrogen and oxygen atoms in total. The summed E-state index contributed by atoms with van der Waals surface area (Å²) in [4.78, 5) is 26.8. The van der Waals surface area contributed by atoms with E-state index in [-0.39, 0.29) is 36.8 Å². The summed E-state index contributed by atoms with van der Waals surface area (Å²) in [6.07, 6.45) is 4.90. The van der Waals surface area contributed by atoms with Gasteiger partial charge in [-0.15, -0.1) is 0 Å². The molecular weight excluding hydrogens is 401 g/mol. The van der Waals surface area contributed by atoms with Gasteiger partial charge in [-0.2, -0.15) is 0 Å². The van der Waals surface area contributed by atoms with Crippen LogP contribution in [0.1, 0.15) is 18.2 Å². The van der Waals surface area contributed by atoms with Gasteiger partial charge in [-0.1, -0.05) is 12.1 Å². The maximum absolute atomic E-state index is 13.2. The molecule has 9 heteroatoms. The minimum absolute atomic E-state index is 0.0413. The van der Waals surface area contributed by atoms with Gasteiger partial charge in [-0.05, 0) is 18.2 Å². The van der Waals surface area contributed by atoms with Gasteiger partial charge in [-0.3, -0.25) is 9.78 Å². The number of rotatable bonds is 6. The molecule has 0 aliphatic carbocycles. The third-order valence-electron chi connectivity index (χ3n) is 4.92. The SMILES string of the molecule is Nc1ncc(-c2ccc(C3CN(C(=O)CCOc4cccc(F)c4)CCO3)nc2)cn1. The fourth-order valence-corrected chi connectivity index (χ4v) is 3.28. The van der Waals surface area contributed by atoms with E-state index < -0.39 is 0 Å². The van der Waals surface area contributed by atoms with Crippen LogP contribution in [0.25, 0.3) is 11.1 Å². The highest BCUT2D eigenvalue weighted by Gasteiger charge is 2.26. The zero-order valence-electron chi connectivity index (χ0n) is 16.8. The van der Waals surface area contributed by atoms with Crippen molar-refractivity contribution < 1.29 is 18.7 Å². The quantitative estimate of drug-likeness (QED) is 0.650. The van der Waals surface area contributed by atoms with Crippen LogP contribution in [-0.2, 0) is 9.53 Å². The van der Waals surface area contributed by atoms with Crippen LogP contribution < -0.4 is 10.5 Å². The molecule has 0 bridgehead atoms. The number of carbonyl (C=O) groups excluding carboxylic acids is 1. The molecule has 1 fully saturated rings. The lowest BCUT2D eigenvalue weighted by Crippen LogP contribution is -2.42. The predicted molar refractivity (Wildman–Crippen MR) is 111 cm³/mol. The first-order chi connectivity index (χ1) is 15.1. The third-order valence-corrected chi connectivity index (χ3v) is 4.92. The standard InChI is InChI=1S/C22H22FN5O3/c23-17-2-1-3-18(10-17)30-8-6-21(29)28-7-9-31-20(14-28)19-5-4-15(11-25-19)16-12-26-22(24)27-13-16/h1-5,10-13,20H,6-9,14H2,(H2,24,26,27). The van der Waals surface area contributed by atoms with Gasteiger partial charge in [0.2, 0.25) is 11.9 Å². The summed E-state index contributed by atoms with van der Waals surface area (Å²) in [5.41, 5.74) is 7.94. The number of benzene rings is 1. The van der Waals surface area contributed by atoms with E-state index in [2.05, 4.69) is 15.0 Å². The topological polar surface area (TPSA) is 103 Å². The average Bonchev–Trinajstić information content (AvgIpc) is 2.80. The summed E-state index contributed by atoms with van der Waals surface area (Å²) in [7, 11) is 0. The summed E-state index contributed by atoms with van der Waals surface area (Å²) >= 11 is 0. The van der Waals surface area contributed by atoms with Crippen molar-refractivity contribution in [3.63, 3.8) is 0 Å². The Balaban J connectivity index is 1.32. The Bertz CT molecular complexity index is 1030. The molecule has 1 unspecified atom stereocenters. The monoisotopic (exact) mass is 423 g/mol. The number of anilines is 1. The van der Waals surface area contributed by atoms with Crippen LogP contribution in [0, 0.1) is 5.82 Å². The molecule has 31 heavy (non-hydrogen) atoms. The second kappa shape index (κ2) is 9.48. The number of amides is 1. The molecule has 1 aliphatic rings. The lowest BCUT2D eigenvalue weighted by molar-refractivity contribution is -0.139. The van der Waals surface area contributed by atoms with Crippen LogP contribution in [0.3, 0.4) is 0 Å². The number of ether oxygens (including phenoxy) is 2. The number of nitrogen functional groups attached to an aromatic ring is 1. The molecule has 3 aromatic rings. The largest absolute Gasteiger partial charge is 0.493 e. The van der Waals surface area contributed by atoms with Crippen molar-refractivity contribution in [2.45, 2.75) is 12.5 Å². The second-order valence-electron chi connectivity index (χ2n) is 7.06. The van der Waals surface area contributed by atoms with Crippen LogP contribution in [0.2, 0.25) is 0 Å². The molecule has 1 aliphatic heterocycles. The van der Waals surface area contributed by atoms with E-state index in [0.717, 1.165) is 16.8 Å². The molecule has 0 saturated carbocycles. The summed E-state index contributed by atoms with van der Waals surface area (Å²) in [5.74, 6) is 0.209. The normalized spacial score (nSPS) is 16.2. The number of nitrogens with zero attached hydrogens (tertiary/aromatic N) is 4. The zero-order valence-corrected chi connectivity index (χ0v) is 16.8. The van der Waals surface area contributed by atoms with Crippen molar-refractivity contribution in [1.29, 1.82) is 0 Å². The molecular formula is C22H22FN5O3. The summed E-state index contributed by atoms with van der Waals surface area (Å²) in [6, 6.07) is 9.64. The summed E-state index contributed by atoms with van der Waals surface area (Å²) in [6.45, 7) is 1.53. The van der Waals surface area contributed by atoms with Crippen molar-refractivity contribution in [3.05, 3.63) is 66.5 Å². The fraction of sp³-hybridized carbons (Fsp3) is 0.273. The maximum atomic E-state index is 13.2. The van der Waals surface area contributed by atoms with Crippen molar-refractivity contribution in [2.24, 2.45) is 0 Å². The number of halogens is 1. The highest BCUT2D eigenvalue weighted by molar-refractivity contribution is 5.76. The Labute approximate surface area is 178 Å². The molecule has 4 rings (SSSR count). The highest BCUT2D eigenvalue weighted by atomic mass is 19.1. The number of morpholine rings is 1. The summed E-state index contributed by atoms with van der Waals surface area (Å²) < 4.78 is 24.5. The molecule has 160 valence electrons. The highest BCUT2D eigenvalue weighted by Crippen LogP contribution is 2.24. The Morgan fingerprint density at radius 2 is 1.97 bits per heavy atom. The maximum Gasteiger partial charge on any atom is 0.226 e. The molecule has 1 atom stereocenters. The van der Waals surface area contributed by atoms with Crippen molar-refractivity contribution >= 4 is 11.9 Å². The minimum atomic E-state index is -0.373. The zero-order chi connectivity index (χ0) is 21.6. The lowest BCUT2D eigenvalue weighted by Gasteiger charge is -2.32. The first-order valence-electron chi connectivity index (χ1n) is 9.90. The molecule has 0 spiro atoms. The van der Waals surface area contributed by atoms with Crippen LogP contribution in [-0.4, -0.2) is 52.1 Å². The Hall–Kier alpha value is -3.59. The van der Waals surface area contributed by atoms with E-state index in [0.29, 0.717) is 25.4 Å². The smallest absolute Gasteiger partial charge is 0.226 e. The Morgan fingerprint density at radius 1 is 1.16 bits per heavy atom. The van der Waals surface area contributed by atoms with Crippen LogP contribution in [0.4, 0.5) is 10.3 Å². The van der Waals surface area contributed by atoms with Crippen molar-refractivity contribution in [2.75, 3.05) is 32.0 Å². The van der Waals surface area contributed by atoms with Crippen molar-refractivity contribution in [3.8, 4) is 16.9 Å². The number of aromatic nitrogens is 3. The molecule has 2 N–H and O–H groups in total. The lowest BCUT2D eigenvalue weighted by atomic mass is 10.1. The van der Waals surface area contributed by atoms with E-state index in [1.165, 1.54) is 12.1 Å².